The Morgan fingerprint density at radius 2 is 2.04 bits per heavy atom. The summed E-state index contributed by atoms with van der Waals surface area (Å²) in [6, 6.07) is 9.61. The van der Waals surface area contributed by atoms with Crippen LogP contribution in [0.1, 0.15) is 21.6 Å². The van der Waals surface area contributed by atoms with E-state index < -0.39 is 5.91 Å². The molecule has 2 heterocycles. The van der Waals surface area contributed by atoms with Crippen LogP contribution in [0.25, 0.3) is 11.4 Å². The molecule has 0 atom stereocenters. The molecule has 7 nitrogen and oxygen atoms in total. The average molecular weight is 321 g/mol. The molecule has 0 saturated heterocycles. The van der Waals surface area contributed by atoms with Gasteiger partial charge in [-0.25, -0.2) is 4.98 Å². The second-order valence-electron chi connectivity index (χ2n) is 5.61. The van der Waals surface area contributed by atoms with Crippen LogP contribution in [-0.4, -0.2) is 25.7 Å². The van der Waals surface area contributed by atoms with Gasteiger partial charge in [0.1, 0.15) is 5.75 Å². The molecular weight excluding hydrogens is 306 g/mol. The van der Waals surface area contributed by atoms with Gasteiger partial charge in [0.05, 0.1) is 11.4 Å². The number of hydrogen-bond donors (Lipinski definition) is 1. The molecule has 2 aromatic heterocycles. The van der Waals surface area contributed by atoms with Crippen LogP contribution < -0.4 is 10.5 Å². The average Bonchev–Trinajstić information content (AvgIpc) is 2.93. The highest BCUT2D eigenvalue weighted by molar-refractivity contribution is 5.94. The summed E-state index contributed by atoms with van der Waals surface area (Å²) in [7, 11) is 1.78. The van der Waals surface area contributed by atoms with E-state index in [2.05, 4.69) is 15.1 Å². The maximum absolute atomic E-state index is 11.6. The van der Waals surface area contributed by atoms with Gasteiger partial charge in [-0.05, 0) is 30.5 Å². The summed E-state index contributed by atoms with van der Waals surface area (Å²) in [5.41, 5.74) is 9.11. The maximum atomic E-state index is 11.6. The third-order valence-electron chi connectivity index (χ3n) is 4.04. The van der Waals surface area contributed by atoms with E-state index in [1.54, 1.807) is 17.9 Å². The molecule has 0 saturated carbocycles. The fourth-order valence-corrected chi connectivity index (χ4v) is 2.98. The summed E-state index contributed by atoms with van der Waals surface area (Å²) in [6.07, 6.45) is 3.19. The summed E-state index contributed by atoms with van der Waals surface area (Å²) in [5, 5.41) is 4.25. The molecule has 0 fully saturated rings. The number of amides is 1. The van der Waals surface area contributed by atoms with Crippen LogP contribution in [0.4, 0.5) is 0 Å². The Morgan fingerprint density at radius 3 is 2.79 bits per heavy atom. The highest BCUT2D eigenvalue weighted by Crippen LogP contribution is 2.34. The Balaban J connectivity index is 1.79. The van der Waals surface area contributed by atoms with E-state index in [1.165, 1.54) is 0 Å². The van der Waals surface area contributed by atoms with Crippen LogP contribution in [0.15, 0.2) is 36.5 Å². The van der Waals surface area contributed by atoms with E-state index >= 15 is 0 Å². The lowest BCUT2D eigenvalue weighted by atomic mass is 9.93. The number of ether oxygens (including phenoxy) is 1. The molecule has 1 aliphatic rings. The maximum Gasteiger partial charge on any atom is 0.322 e. The Bertz CT molecular complexity index is 934. The van der Waals surface area contributed by atoms with Crippen molar-refractivity contribution >= 4 is 5.91 Å². The molecule has 3 aromatic rings. The largest absolute Gasteiger partial charge is 0.424 e. The number of rotatable bonds is 3. The minimum atomic E-state index is -0.523. The topological polar surface area (TPSA) is 95.9 Å². The summed E-state index contributed by atoms with van der Waals surface area (Å²) < 4.78 is 7.36. The van der Waals surface area contributed by atoms with Gasteiger partial charge in [-0.3, -0.25) is 9.48 Å². The van der Waals surface area contributed by atoms with Crippen LogP contribution in [0, 0.1) is 0 Å². The molecule has 24 heavy (non-hydrogen) atoms. The quantitative estimate of drug-likeness (QED) is 0.794. The van der Waals surface area contributed by atoms with Crippen molar-refractivity contribution in [2.45, 2.75) is 12.8 Å². The van der Waals surface area contributed by atoms with Gasteiger partial charge in [0.2, 0.25) is 0 Å². The first-order chi connectivity index (χ1) is 11.6. The molecule has 0 bridgehead atoms. The zero-order valence-electron chi connectivity index (χ0n) is 13.1. The van der Waals surface area contributed by atoms with E-state index in [9.17, 15) is 4.79 Å². The molecule has 0 spiro atoms. The standard InChI is InChI=1S/C17H15N5O2/c1-22-15-12(14(21-22)16(18)23)8-7-10-9-19-17(20-13(10)15)24-11-5-3-2-4-6-11/h2-6,9H,7-8H2,1H3,(H2,18,23). The number of aromatic nitrogens is 4. The SMILES string of the molecule is Cn1nc(C(N)=O)c2c1-c1nc(Oc3ccccc3)ncc1CC2. The molecule has 4 rings (SSSR count). The van der Waals surface area contributed by atoms with Crippen molar-refractivity contribution in [3.8, 4) is 23.1 Å². The molecule has 1 amide bonds. The molecule has 0 unspecified atom stereocenters. The highest BCUT2D eigenvalue weighted by atomic mass is 16.5. The number of nitrogens with zero attached hydrogens (tertiary/aromatic N) is 4. The molecular formula is C17H15N5O2. The van der Waals surface area contributed by atoms with Gasteiger partial charge in [0.25, 0.3) is 5.91 Å². The van der Waals surface area contributed by atoms with Crippen LogP contribution in [-0.2, 0) is 19.9 Å². The molecule has 1 aliphatic carbocycles. The summed E-state index contributed by atoms with van der Waals surface area (Å²) >= 11 is 0. The van der Waals surface area contributed by atoms with Gasteiger partial charge < -0.3 is 10.5 Å². The number of carbonyl (C=O) groups is 1. The van der Waals surface area contributed by atoms with Crippen LogP contribution in [0.5, 0.6) is 11.8 Å². The minimum Gasteiger partial charge on any atom is -0.424 e. The molecule has 7 heteroatoms. The number of aryl methyl sites for hydroxylation is 2. The second-order valence-corrected chi connectivity index (χ2v) is 5.61. The number of primary amides is 1. The lowest BCUT2D eigenvalue weighted by Gasteiger charge is -2.17. The molecule has 120 valence electrons. The summed E-state index contributed by atoms with van der Waals surface area (Å²) in [4.78, 5) is 20.4. The summed E-state index contributed by atoms with van der Waals surface area (Å²) in [6.45, 7) is 0. The van der Waals surface area contributed by atoms with Crippen molar-refractivity contribution in [1.82, 2.24) is 19.7 Å². The fourth-order valence-electron chi connectivity index (χ4n) is 2.98. The number of carbonyl (C=O) groups excluding carboxylic acids is 1. The normalized spacial score (nSPS) is 12.4. The predicted octanol–water partition coefficient (Wildman–Crippen LogP) is 1.87. The zero-order chi connectivity index (χ0) is 16.7. The van der Waals surface area contributed by atoms with Gasteiger partial charge in [-0.15, -0.1) is 0 Å². The van der Waals surface area contributed by atoms with Crippen molar-refractivity contribution < 1.29 is 9.53 Å². The monoisotopic (exact) mass is 321 g/mol. The third-order valence-corrected chi connectivity index (χ3v) is 4.04. The van der Waals surface area contributed by atoms with Gasteiger partial charge in [0, 0.05) is 18.8 Å². The van der Waals surface area contributed by atoms with E-state index in [0.29, 0.717) is 17.9 Å². The zero-order valence-corrected chi connectivity index (χ0v) is 13.1. The van der Waals surface area contributed by atoms with E-state index in [4.69, 9.17) is 10.5 Å². The van der Waals surface area contributed by atoms with Crippen LogP contribution in [0.2, 0.25) is 0 Å². The van der Waals surface area contributed by atoms with Gasteiger partial charge >= 0.3 is 6.01 Å². The molecule has 1 aromatic carbocycles. The van der Waals surface area contributed by atoms with Crippen molar-refractivity contribution in [3.05, 3.63) is 53.3 Å². The van der Waals surface area contributed by atoms with E-state index in [1.807, 2.05) is 30.3 Å². The van der Waals surface area contributed by atoms with Crippen molar-refractivity contribution in [2.75, 3.05) is 0 Å². The van der Waals surface area contributed by atoms with Crippen LogP contribution in [0.3, 0.4) is 0 Å². The Labute approximate surface area is 138 Å². The number of benzene rings is 1. The van der Waals surface area contributed by atoms with Gasteiger partial charge in [-0.2, -0.15) is 10.1 Å². The van der Waals surface area contributed by atoms with Crippen molar-refractivity contribution in [3.63, 3.8) is 0 Å². The number of para-hydroxylation sites is 1. The first-order valence-electron chi connectivity index (χ1n) is 7.58. The van der Waals surface area contributed by atoms with Crippen molar-refractivity contribution in [1.29, 1.82) is 0 Å². The smallest absolute Gasteiger partial charge is 0.322 e. The number of hydrogen-bond acceptors (Lipinski definition) is 5. The van der Waals surface area contributed by atoms with E-state index in [-0.39, 0.29) is 6.01 Å². The highest BCUT2D eigenvalue weighted by Gasteiger charge is 2.28. The first kappa shape index (κ1) is 14.4. The molecule has 2 N–H and O–H groups in total. The van der Waals surface area contributed by atoms with Crippen LogP contribution >= 0.6 is 0 Å². The van der Waals surface area contributed by atoms with Crippen molar-refractivity contribution in [2.24, 2.45) is 12.8 Å². The van der Waals surface area contributed by atoms with Gasteiger partial charge in [0.15, 0.2) is 5.69 Å². The first-order valence-corrected chi connectivity index (χ1v) is 7.58. The summed E-state index contributed by atoms with van der Waals surface area (Å²) in [5.74, 6) is 0.140. The van der Waals surface area contributed by atoms with E-state index in [0.717, 1.165) is 28.9 Å². The molecule has 0 radical (unpaired) electrons. The number of nitrogens with two attached hydrogens (primary N) is 1. The molecule has 0 aliphatic heterocycles. The minimum absolute atomic E-state index is 0.259. The van der Waals surface area contributed by atoms with Gasteiger partial charge in [-0.1, -0.05) is 18.2 Å². The predicted molar refractivity (Wildman–Crippen MR) is 86.7 cm³/mol. The Kier molecular flexibility index (Phi) is 3.26. The fraction of sp³-hybridized carbons (Fsp3) is 0.176. The Morgan fingerprint density at radius 1 is 1.25 bits per heavy atom. The number of fused-ring (bicyclic) bond motifs is 3. The third kappa shape index (κ3) is 2.30. The lowest BCUT2D eigenvalue weighted by molar-refractivity contribution is 0.0994. The lowest BCUT2D eigenvalue weighted by Crippen LogP contribution is -2.15. The Hall–Kier alpha value is -3.22. The second kappa shape index (κ2) is 5.45.